The largest absolute Gasteiger partial charge is 0.573 e. The summed E-state index contributed by atoms with van der Waals surface area (Å²) < 4.78 is 41.8. The number of piperazine rings is 1. The third-order valence-electron chi connectivity index (χ3n) is 5.06. The Morgan fingerprint density at radius 3 is 2.35 bits per heavy atom. The number of unbranched alkanes of at least 4 members (excludes halogenated alkanes) is 1. The van der Waals surface area contributed by atoms with E-state index in [1.165, 1.54) is 12.1 Å². The van der Waals surface area contributed by atoms with Crippen molar-refractivity contribution in [1.29, 1.82) is 0 Å². The van der Waals surface area contributed by atoms with Gasteiger partial charge in [-0.05, 0) is 38.9 Å². The number of ether oxygens (including phenoxy) is 1. The van der Waals surface area contributed by atoms with Crippen molar-refractivity contribution in [2.75, 3.05) is 52.4 Å². The quantitative estimate of drug-likeness (QED) is 0.199. The minimum absolute atomic E-state index is 0. The average Bonchev–Trinajstić information content (AvgIpc) is 2.72. The molecule has 1 aromatic carbocycles. The van der Waals surface area contributed by atoms with E-state index >= 15 is 0 Å². The van der Waals surface area contributed by atoms with Crippen molar-refractivity contribution in [3.63, 3.8) is 0 Å². The number of likely N-dealkylation sites (N-methyl/N-ethyl adjacent to an activating group) is 1. The van der Waals surface area contributed by atoms with E-state index in [0.717, 1.165) is 58.7 Å². The van der Waals surface area contributed by atoms with Crippen LogP contribution < -0.4 is 15.4 Å². The molecular formula is C21H35F3IN5O. The molecule has 0 radical (unpaired) electrons. The van der Waals surface area contributed by atoms with Crippen LogP contribution in [0.5, 0.6) is 5.75 Å². The van der Waals surface area contributed by atoms with Crippen molar-refractivity contribution in [3.8, 4) is 5.75 Å². The lowest BCUT2D eigenvalue weighted by molar-refractivity contribution is -0.274. The number of guanidine groups is 1. The fourth-order valence-corrected chi connectivity index (χ4v) is 3.36. The molecule has 0 aliphatic carbocycles. The summed E-state index contributed by atoms with van der Waals surface area (Å²) in [5.74, 6) is 0.378. The molecule has 31 heavy (non-hydrogen) atoms. The zero-order valence-electron chi connectivity index (χ0n) is 18.4. The van der Waals surface area contributed by atoms with E-state index in [0.29, 0.717) is 18.1 Å². The Balaban J connectivity index is 0.00000480. The molecule has 1 heterocycles. The Hall–Kier alpha value is -1.27. The van der Waals surface area contributed by atoms with Crippen molar-refractivity contribution in [1.82, 2.24) is 20.4 Å². The minimum Gasteiger partial charge on any atom is -0.405 e. The molecule has 1 aromatic rings. The monoisotopic (exact) mass is 557 g/mol. The molecule has 0 amide bonds. The molecule has 0 saturated carbocycles. The van der Waals surface area contributed by atoms with Crippen LogP contribution >= 0.6 is 24.0 Å². The van der Waals surface area contributed by atoms with Crippen LogP contribution in [0.2, 0.25) is 0 Å². The van der Waals surface area contributed by atoms with Crippen LogP contribution in [0.1, 0.15) is 32.3 Å². The van der Waals surface area contributed by atoms with Gasteiger partial charge in [-0.3, -0.25) is 0 Å². The first-order chi connectivity index (χ1) is 14.4. The van der Waals surface area contributed by atoms with Crippen LogP contribution in [0.4, 0.5) is 13.2 Å². The summed E-state index contributed by atoms with van der Waals surface area (Å²) in [6, 6.07) is 6.08. The number of benzene rings is 1. The second-order valence-electron chi connectivity index (χ2n) is 7.26. The number of halogens is 4. The maximum Gasteiger partial charge on any atom is 0.573 e. The molecule has 1 saturated heterocycles. The highest BCUT2D eigenvalue weighted by atomic mass is 127. The summed E-state index contributed by atoms with van der Waals surface area (Å²) in [7, 11) is 0. The van der Waals surface area contributed by atoms with E-state index in [2.05, 4.69) is 37.1 Å². The van der Waals surface area contributed by atoms with E-state index in [4.69, 9.17) is 0 Å². The Bertz CT molecular complexity index is 652. The summed E-state index contributed by atoms with van der Waals surface area (Å²) in [6.45, 7) is 12.5. The highest BCUT2D eigenvalue weighted by Crippen LogP contribution is 2.26. The van der Waals surface area contributed by atoms with Crippen molar-refractivity contribution >= 4 is 29.9 Å². The number of alkyl halides is 3. The van der Waals surface area contributed by atoms with Crippen LogP contribution in [0.25, 0.3) is 0 Å². The Kier molecular flexibility index (Phi) is 13.2. The number of nitrogens with zero attached hydrogens (tertiary/aromatic N) is 3. The Morgan fingerprint density at radius 1 is 1.03 bits per heavy atom. The summed E-state index contributed by atoms with van der Waals surface area (Å²) in [5, 5.41) is 6.39. The second kappa shape index (κ2) is 14.7. The standard InChI is InChI=1S/C21H34F3N5O.HI/c1-3-25-20(26-11-7-8-12-29-15-13-28(4-2)14-16-29)27-17-18-9-5-6-10-19(18)30-21(22,23)24;/h5-6,9-10H,3-4,7-8,11-17H2,1-2H3,(H2,25,26,27);1H. The molecule has 178 valence electrons. The highest BCUT2D eigenvalue weighted by Gasteiger charge is 2.31. The van der Waals surface area contributed by atoms with Gasteiger partial charge in [0.1, 0.15) is 5.75 Å². The van der Waals surface area contributed by atoms with E-state index < -0.39 is 6.36 Å². The molecule has 6 nitrogen and oxygen atoms in total. The van der Waals surface area contributed by atoms with Gasteiger partial charge in [-0.15, -0.1) is 37.1 Å². The molecule has 10 heteroatoms. The Morgan fingerprint density at radius 2 is 1.71 bits per heavy atom. The van der Waals surface area contributed by atoms with Crippen LogP contribution in [0.3, 0.4) is 0 Å². The highest BCUT2D eigenvalue weighted by molar-refractivity contribution is 14.0. The first kappa shape index (κ1) is 27.8. The lowest BCUT2D eigenvalue weighted by Crippen LogP contribution is -2.46. The van der Waals surface area contributed by atoms with Crippen LogP contribution in [0, 0.1) is 0 Å². The lowest BCUT2D eigenvalue weighted by atomic mass is 10.2. The molecular weight excluding hydrogens is 522 g/mol. The molecule has 1 fully saturated rings. The maximum absolute atomic E-state index is 12.6. The minimum atomic E-state index is -4.72. The van der Waals surface area contributed by atoms with E-state index in [9.17, 15) is 13.2 Å². The van der Waals surface area contributed by atoms with Gasteiger partial charge in [0.15, 0.2) is 5.96 Å². The second-order valence-corrected chi connectivity index (χ2v) is 7.26. The average molecular weight is 557 g/mol. The fourth-order valence-electron chi connectivity index (χ4n) is 3.36. The van der Waals surface area contributed by atoms with E-state index in [1.807, 2.05) is 6.92 Å². The van der Waals surface area contributed by atoms with Gasteiger partial charge in [0.25, 0.3) is 0 Å². The maximum atomic E-state index is 12.6. The molecule has 0 unspecified atom stereocenters. The number of aliphatic imine (C=N–C) groups is 1. The number of rotatable bonds is 10. The fraction of sp³-hybridized carbons (Fsp3) is 0.667. The van der Waals surface area contributed by atoms with Gasteiger partial charge < -0.3 is 25.2 Å². The predicted octanol–water partition coefficient (Wildman–Crippen LogP) is 3.68. The molecule has 0 spiro atoms. The number of hydrogen-bond acceptors (Lipinski definition) is 4. The predicted molar refractivity (Wildman–Crippen MR) is 129 cm³/mol. The summed E-state index contributed by atoms with van der Waals surface area (Å²) >= 11 is 0. The summed E-state index contributed by atoms with van der Waals surface area (Å²) in [4.78, 5) is 9.38. The zero-order valence-corrected chi connectivity index (χ0v) is 20.7. The van der Waals surface area contributed by atoms with Crippen LogP contribution in [-0.2, 0) is 6.54 Å². The number of para-hydroxylation sites is 1. The molecule has 0 atom stereocenters. The van der Waals surface area contributed by atoms with E-state index in [1.54, 1.807) is 12.1 Å². The third kappa shape index (κ3) is 11.2. The lowest BCUT2D eigenvalue weighted by Gasteiger charge is -2.34. The van der Waals surface area contributed by atoms with Gasteiger partial charge in [-0.2, -0.15) is 0 Å². The summed E-state index contributed by atoms with van der Waals surface area (Å²) in [5.41, 5.74) is 0.387. The molecule has 2 N–H and O–H groups in total. The van der Waals surface area contributed by atoms with Gasteiger partial charge >= 0.3 is 6.36 Å². The first-order valence-electron chi connectivity index (χ1n) is 10.7. The normalized spacial score (nSPS) is 16.0. The van der Waals surface area contributed by atoms with Gasteiger partial charge in [0, 0.05) is 44.8 Å². The van der Waals surface area contributed by atoms with Crippen molar-refractivity contribution in [2.24, 2.45) is 4.99 Å². The smallest absolute Gasteiger partial charge is 0.405 e. The summed E-state index contributed by atoms with van der Waals surface area (Å²) in [6.07, 6.45) is -2.61. The third-order valence-corrected chi connectivity index (χ3v) is 5.06. The van der Waals surface area contributed by atoms with Gasteiger partial charge in [0.05, 0.1) is 6.54 Å². The molecule has 2 rings (SSSR count). The molecule has 1 aliphatic heterocycles. The Labute approximate surface area is 200 Å². The number of nitrogens with one attached hydrogen (secondary N) is 2. The van der Waals surface area contributed by atoms with Gasteiger partial charge in [0.2, 0.25) is 0 Å². The van der Waals surface area contributed by atoms with Crippen LogP contribution in [-0.4, -0.2) is 74.5 Å². The SMILES string of the molecule is CCNC(=NCc1ccccc1OC(F)(F)F)NCCCCN1CCN(CC)CC1.I. The zero-order chi connectivity index (χ0) is 21.8. The van der Waals surface area contributed by atoms with Crippen molar-refractivity contribution in [2.45, 2.75) is 39.6 Å². The van der Waals surface area contributed by atoms with Crippen molar-refractivity contribution in [3.05, 3.63) is 29.8 Å². The van der Waals surface area contributed by atoms with Crippen LogP contribution in [0.15, 0.2) is 29.3 Å². The van der Waals surface area contributed by atoms with Gasteiger partial charge in [-0.1, -0.05) is 25.1 Å². The number of hydrogen-bond donors (Lipinski definition) is 2. The topological polar surface area (TPSA) is 52.1 Å². The molecule has 0 aromatic heterocycles. The van der Waals surface area contributed by atoms with Gasteiger partial charge in [-0.25, -0.2) is 4.99 Å². The van der Waals surface area contributed by atoms with Crippen molar-refractivity contribution < 1.29 is 17.9 Å². The first-order valence-corrected chi connectivity index (χ1v) is 10.7. The molecule has 0 bridgehead atoms. The van der Waals surface area contributed by atoms with E-state index in [-0.39, 0.29) is 36.3 Å². The molecule has 1 aliphatic rings.